The first-order chi connectivity index (χ1) is 13.2. The lowest BCUT2D eigenvalue weighted by atomic mass is 10.1. The van der Waals surface area contributed by atoms with Crippen molar-refractivity contribution in [2.45, 2.75) is 33.0 Å². The van der Waals surface area contributed by atoms with Crippen molar-refractivity contribution in [3.63, 3.8) is 0 Å². The van der Waals surface area contributed by atoms with E-state index in [-0.39, 0.29) is 6.03 Å². The van der Waals surface area contributed by atoms with Crippen LogP contribution in [0.3, 0.4) is 0 Å². The average Bonchev–Trinajstić information content (AvgIpc) is 2.72. The van der Waals surface area contributed by atoms with Gasteiger partial charge in [-0.3, -0.25) is 4.90 Å². The van der Waals surface area contributed by atoms with Crippen molar-refractivity contribution in [2.75, 3.05) is 26.3 Å². The van der Waals surface area contributed by atoms with Gasteiger partial charge in [0.25, 0.3) is 0 Å². The third-order valence-corrected chi connectivity index (χ3v) is 4.84. The summed E-state index contributed by atoms with van der Waals surface area (Å²) in [5.74, 6) is 0. The van der Waals surface area contributed by atoms with Crippen molar-refractivity contribution < 1.29 is 9.53 Å². The first-order valence-corrected chi connectivity index (χ1v) is 9.70. The summed E-state index contributed by atoms with van der Waals surface area (Å²) in [4.78, 5) is 14.5. The van der Waals surface area contributed by atoms with Gasteiger partial charge < -0.3 is 15.4 Å². The quantitative estimate of drug-likeness (QED) is 0.791. The zero-order valence-corrected chi connectivity index (χ0v) is 16.0. The molecule has 0 saturated carbocycles. The summed E-state index contributed by atoms with van der Waals surface area (Å²) < 4.78 is 5.40. The minimum Gasteiger partial charge on any atom is -0.379 e. The molecule has 1 heterocycles. The molecule has 0 radical (unpaired) electrons. The Morgan fingerprint density at radius 1 is 0.926 bits per heavy atom. The maximum atomic E-state index is 12.1. The highest BCUT2D eigenvalue weighted by atomic mass is 16.5. The van der Waals surface area contributed by atoms with Crippen LogP contribution in [0.4, 0.5) is 4.79 Å². The van der Waals surface area contributed by atoms with E-state index in [1.807, 2.05) is 6.07 Å². The molecule has 0 aliphatic carbocycles. The minimum atomic E-state index is -0.145. The molecule has 0 unspecified atom stereocenters. The number of amides is 2. The fraction of sp³-hybridized carbons (Fsp3) is 0.409. The van der Waals surface area contributed by atoms with Crippen molar-refractivity contribution in [3.8, 4) is 0 Å². The Balaban J connectivity index is 1.43. The van der Waals surface area contributed by atoms with Crippen LogP contribution in [0, 0.1) is 0 Å². The number of nitrogens with zero attached hydrogens (tertiary/aromatic N) is 1. The molecule has 0 aromatic heterocycles. The third kappa shape index (κ3) is 6.38. The fourth-order valence-corrected chi connectivity index (χ4v) is 3.18. The lowest BCUT2D eigenvalue weighted by Gasteiger charge is -2.26. The molecular weight excluding hydrogens is 338 g/mol. The molecule has 1 aliphatic heterocycles. The van der Waals surface area contributed by atoms with E-state index in [0.717, 1.165) is 50.4 Å². The van der Waals surface area contributed by atoms with Gasteiger partial charge in [0.1, 0.15) is 0 Å². The zero-order chi connectivity index (χ0) is 18.9. The number of carbonyl (C=O) groups excluding carboxylic acids is 1. The largest absolute Gasteiger partial charge is 0.379 e. The highest BCUT2D eigenvalue weighted by Crippen LogP contribution is 2.10. The Kier molecular flexibility index (Phi) is 7.25. The van der Waals surface area contributed by atoms with Gasteiger partial charge in [-0.2, -0.15) is 0 Å². The highest BCUT2D eigenvalue weighted by Gasteiger charge is 2.11. The number of morpholine rings is 1. The molecule has 1 fully saturated rings. The molecule has 2 N–H and O–H groups in total. The van der Waals surface area contributed by atoms with Crippen molar-refractivity contribution in [2.24, 2.45) is 0 Å². The predicted molar refractivity (Wildman–Crippen MR) is 107 cm³/mol. The van der Waals surface area contributed by atoms with Crippen LogP contribution in [0.25, 0.3) is 0 Å². The van der Waals surface area contributed by atoms with Gasteiger partial charge in [-0.15, -0.1) is 0 Å². The van der Waals surface area contributed by atoms with Gasteiger partial charge in [-0.25, -0.2) is 4.79 Å². The Bertz CT molecular complexity index is 725. The number of ether oxygens (including phenoxy) is 1. The van der Waals surface area contributed by atoms with E-state index in [0.29, 0.717) is 13.1 Å². The number of hydrogen-bond acceptors (Lipinski definition) is 3. The Labute approximate surface area is 161 Å². The van der Waals surface area contributed by atoms with Crippen molar-refractivity contribution >= 4 is 6.03 Å². The van der Waals surface area contributed by atoms with E-state index in [1.54, 1.807) is 0 Å². The maximum Gasteiger partial charge on any atom is 0.315 e. The van der Waals surface area contributed by atoms with E-state index in [9.17, 15) is 4.79 Å². The molecule has 0 atom stereocenters. The molecule has 2 aromatic rings. The summed E-state index contributed by atoms with van der Waals surface area (Å²) >= 11 is 0. The molecule has 5 nitrogen and oxygen atoms in total. The van der Waals surface area contributed by atoms with E-state index in [2.05, 4.69) is 64.9 Å². The molecule has 3 rings (SSSR count). The summed E-state index contributed by atoms with van der Waals surface area (Å²) in [6.45, 7) is 7.69. The van der Waals surface area contributed by atoms with Crippen LogP contribution in [0.15, 0.2) is 48.5 Å². The lowest BCUT2D eigenvalue weighted by molar-refractivity contribution is 0.0342. The van der Waals surface area contributed by atoms with Gasteiger partial charge in [0.2, 0.25) is 0 Å². The zero-order valence-electron chi connectivity index (χ0n) is 16.0. The summed E-state index contributed by atoms with van der Waals surface area (Å²) in [5, 5.41) is 5.85. The first-order valence-electron chi connectivity index (χ1n) is 9.70. The molecule has 27 heavy (non-hydrogen) atoms. The molecule has 144 valence electrons. The van der Waals surface area contributed by atoms with Crippen LogP contribution in [0.5, 0.6) is 0 Å². The SMILES string of the molecule is CCc1ccc(CNC(=O)NCc2cccc(CN3CCOCC3)c2)cc1. The van der Waals surface area contributed by atoms with E-state index in [4.69, 9.17) is 4.74 Å². The molecule has 2 aromatic carbocycles. The number of nitrogens with one attached hydrogen (secondary N) is 2. The molecule has 0 bridgehead atoms. The van der Waals surface area contributed by atoms with Gasteiger partial charge in [0.05, 0.1) is 13.2 Å². The Morgan fingerprint density at radius 3 is 2.26 bits per heavy atom. The van der Waals surface area contributed by atoms with Crippen molar-refractivity contribution in [3.05, 3.63) is 70.8 Å². The summed E-state index contributed by atoms with van der Waals surface area (Å²) in [7, 11) is 0. The Hall–Kier alpha value is -2.37. The van der Waals surface area contributed by atoms with Gasteiger partial charge in [0, 0.05) is 32.7 Å². The normalized spacial score (nSPS) is 14.7. The second-order valence-electron chi connectivity index (χ2n) is 6.91. The number of hydrogen-bond donors (Lipinski definition) is 2. The van der Waals surface area contributed by atoms with Crippen LogP contribution < -0.4 is 10.6 Å². The molecule has 0 spiro atoms. The van der Waals surface area contributed by atoms with E-state index in [1.165, 1.54) is 11.1 Å². The summed E-state index contributed by atoms with van der Waals surface area (Å²) in [6, 6.07) is 16.6. The second-order valence-corrected chi connectivity index (χ2v) is 6.91. The molecule has 1 saturated heterocycles. The monoisotopic (exact) mass is 367 g/mol. The topological polar surface area (TPSA) is 53.6 Å². The smallest absolute Gasteiger partial charge is 0.315 e. The van der Waals surface area contributed by atoms with Gasteiger partial charge in [-0.1, -0.05) is 55.5 Å². The number of carbonyl (C=O) groups is 1. The number of urea groups is 1. The van der Waals surface area contributed by atoms with Crippen LogP contribution >= 0.6 is 0 Å². The molecule has 2 amide bonds. The maximum absolute atomic E-state index is 12.1. The van der Waals surface area contributed by atoms with Crippen LogP contribution in [-0.2, 0) is 30.8 Å². The second kappa shape index (κ2) is 10.1. The Morgan fingerprint density at radius 2 is 1.56 bits per heavy atom. The number of benzene rings is 2. The van der Waals surface area contributed by atoms with E-state index < -0.39 is 0 Å². The van der Waals surface area contributed by atoms with Crippen LogP contribution in [0.1, 0.15) is 29.2 Å². The molecule has 1 aliphatic rings. The highest BCUT2D eigenvalue weighted by molar-refractivity contribution is 5.73. The first kappa shape index (κ1) is 19.4. The van der Waals surface area contributed by atoms with E-state index >= 15 is 0 Å². The lowest BCUT2D eigenvalue weighted by Crippen LogP contribution is -2.35. The predicted octanol–water partition coefficient (Wildman–Crippen LogP) is 3.08. The van der Waals surface area contributed by atoms with Gasteiger partial charge in [-0.05, 0) is 28.7 Å². The average molecular weight is 367 g/mol. The van der Waals surface area contributed by atoms with Crippen LogP contribution in [-0.4, -0.2) is 37.2 Å². The third-order valence-electron chi connectivity index (χ3n) is 4.84. The van der Waals surface area contributed by atoms with Gasteiger partial charge in [0.15, 0.2) is 0 Å². The molecular formula is C22H29N3O2. The summed E-state index contributed by atoms with van der Waals surface area (Å²) in [5.41, 5.74) is 4.80. The fourth-order valence-electron chi connectivity index (χ4n) is 3.18. The van der Waals surface area contributed by atoms with Crippen molar-refractivity contribution in [1.82, 2.24) is 15.5 Å². The molecule has 5 heteroatoms. The number of rotatable bonds is 7. The minimum absolute atomic E-state index is 0.145. The van der Waals surface area contributed by atoms with Crippen LogP contribution in [0.2, 0.25) is 0 Å². The van der Waals surface area contributed by atoms with Gasteiger partial charge >= 0.3 is 6.03 Å². The standard InChI is InChI=1S/C22H29N3O2/c1-2-18-6-8-19(9-7-18)15-23-22(26)24-16-20-4-3-5-21(14-20)17-25-10-12-27-13-11-25/h3-9,14H,2,10-13,15-17H2,1H3,(H2,23,24,26). The number of aryl methyl sites for hydroxylation is 1. The van der Waals surface area contributed by atoms with Crippen molar-refractivity contribution in [1.29, 1.82) is 0 Å². The summed E-state index contributed by atoms with van der Waals surface area (Å²) in [6.07, 6.45) is 1.03.